The SMILES string of the molecule is CC.c1cncc(-n2ccnn2)c1. The molecule has 2 aromatic rings. The van der Waals surface area contributed by atoms with Gasteiger partial charge in [-0.2, -0.15) is 0 Å². The second kappa shape index (κ2) is 5.03. The van der Waals surface area contributed by atoms with E-state index in [0.29, 0.717) is 0 Å². The van der Waals surface area contributed by atoms with E-state index in [1.165, 1.54) is 0 Å². The minimum absolute atomic E-state index is 0.921. The Kier molecular flexibility index (Phi) is 3.63. The number of hydrogen-bond donors (Lipinski definition) is 0. The predicted molar refractivity (Wildman–Crippen MR) is 50.5 cm³/mol. The van der Waals surface area contributed by atoms with Gasteiger partial charge in [0.05, 0.1) is 24.3 Å². The van der Waals surface area contributed by atoms with E-state index in [-0.39, 0.29) is 0 Å². The molecular weight excluding hydrogens is 164 g/mol. The van der Waals surface area contributed by atoms with Crippen LogP contribution < -0.4 is 0 Å². The van der Waals surface area contributed by atoms with Gasteiger partial charge in [0.15, 0.2) is 0 Å². The van der Waals surface area contributed by atoms with Crippen LogP contribution in [0.3, 0.4) is 0 Å². The quantitative estimate of drug-likeness (QED) is 0.664. The molecule has 0 atom stereocenters. The molecule has 0 aromatic carbocycles. The number of nitrogens with zero attached hydrogens (tertiary/aromatic N) is 4. The number of rotatable bonds is 1. The topological polar surface area (TPSA) is 43.6 Å². The van der Waals surface area contributed by atoms with Crippen molar-refractivity contribution in [2.75, 3.05) is 0 Å². The first kappa shape index (κ1) is 9.38. The van der Waals surface area contributed by atoms with Crippen LogP contribution in [0.2, 0.25) is 0 Å². The molecule has 4 nitrogen and oxygen atoms in total. The van der Waals surface area contributed by atoms with Gasteiger partial charge in [-0.15, -0.1) is 5.10 Å². The number of pyridine rings is 1. The maximum atomic E-state index is 3.95. The molecule has 0 unspecified atom stereocenters. The highest BCUT2D eigenvalue weighted by atomic mass is 15.4. The molecule has 0 aliphatic carbocycles. The Morgan fingerprint density at radius 2 is 2.08 bits per heavy atom. The lowest BCUT2D eigenvalue weighted by molar-refractivity contribution is 0.799. The molecule has 0 amide bonds. The van der Waals surface area contributed by atoms with Crippen molar-refractivity contribution in [3.8, 4) is 5.69 Å². The zero-order valence-corrected chi connectivity index (χ0v) is 7.75. The van der Waals surface area contributed by atoms with Crippen molar-refractivity contribution >= 4 is 0 Å². The molecule has 0 fully saturated rings. The van der Waals surface area contributed by atoms with Gasteiger partial charge >= 0.3 is 0 Å². The Morgan fingerprint density at radius 1 is 1.23 bits per heavy atom. The third kappa shape index (κ3) is 2.37. The predicted octanol–water partition coefficient (Wildman–Crippen LogP) is 1.69. The van der Waals surface area contributed by atoms with Gasteiger partial charge in [-0.05, 0) is 12.1 Å². The molecule has 0 aliphatic rings. The average molecular weight is 176 g/mol. The molecule has 0 bridgehead atoms. The Morgan fingerprint density at radius 3 is 2.62 bits per heavy atom. The summed E-state index contributed by atoms with van der Waals surface area (Å²) in [5.41, 5.74) is 0.921. The van der Waals surface area contributed by atoms with Crippen LogP contribution in [0.4, 0.5) is 0 Å². The summed E-state index contributed by atoms with van der Waals surface area (Å²) in [7, 11) is 0. The molecule has 0 N–H and O–H groups in total. The van der Waals surface area contributed by atoms with E-state index < -0.39 is 0 Å². The van der Waals surface area contributed by atoms with Gasteiger partial charge < -0.3 is 0 Å². The van der Waals surface area contributed by atoms with Crippen LogP contribution in [0.1, 0.15) is 13.8 Å². The highest BCUT2D eigenvalue weighted by Crippen LogP contribution is 1.99. The largest absolute Gasteiger partial charge is 0.262 e. The molecule has 68 valence electrons. The Bertz CT molecular complexity index is 315. The van der Waals surface area contributed by atoms with Crippen molar-refractivity contribution in [2.24, 2.45) is 0 Å². The average Bonchev–Trinajstić information content (AvgIpc) is 2.75. The summed E-state index contributed by atoms with van der Waals surface area (Å²) >= 11 is 0. The molecule has 0 saturated heterocycles. The molecule has 0 saturated carbocycles. The van der Waals surface area contributed by atoms with E-state index in [1.807, 2.05) is 26.0 Å². The van der Waals surface area contributed by atoms with Gasteiger partial charge in [-0.1, -0.05) is 19.1 Å². The van der Waals surface area contributed by atoms with Gasteiger partial charge in [0.1, 0.15) is 0 Å². The van der Waals surface area contributed by atoms with E-state index in [9.17, 15) is 0 Å². The van der Waals surface area contributed by atoms with E-state index in [0.717, 1.165) is 5.69 Å². The molecule has 13 heavy (non-hydrogen) atoms. The maximum absolute atomic E-state index is 3.95. The summed E-state index contributed by atoms with van der Waals surface area (Å²) in [6.45, 7) is 4.00. The van der Waals surface area contributed by atoms with Gasteiger partial charge in [-0.3, -0.25) is 4.98 Å². The summed E-state index contributed by atoms with van der Waals surface area (Å²) in [6, 6.07) is 3.78. The van der Waals surface area contributed by atoms with E-state index >= 15 is 0 Å². The first-order chi connectivity index (χ1) is 6.47. The summed E-state index contributed by atoms with van der Waals surface area (Å²) in [5, 5.41) is 7.50. The van der Waals surface area contributed by atoms with Crippen LogP contribution in [0.15, 0.2) is 36.9 Å². The van der Waals surface area contributed by atoms with Gasteiger partial charge in [0.25, 0.3) is 0 Å². The third-order valence-electron chi connectivity index (χ3n) is 1.33. The lowest BCUT2D eigenvalue weighted by atomic mass is 10.4. The van der Waals surface area contributed by atoms with Crippen molar-refractivity contribution in [1.29, 1.82) is 0 Å². The van der Waals surface area contributed by atoms with Crippen molar-refractivity contribution < 1.29 is 0 Å². The van der Waals surface area contributed by atoms with E-state index in [2.05, 4.69) is 15.3 Å². The fourth-order valence-corrected chi connectivity index (χ4v) is 0.835. The molecule has 0 aliphatic heterocycles. The van der Waals surface area contributed by atoms with E-state index in [1.54, 1.807) is 29.5 Å². The van der Waals surface area contributed by atoms with Crippen LogP contribution in [0.5, 0.6) is 0 Å². The van der Waals surface area contributed by atoms with Crippen LogP contribution in [-0.4, -0.2) is 20.0 Å². The molecular formula is C9H12N4. The number of aromatic nitrogens is 4. The second-order valence-electron chi connectivity index (χ2n) is 2.06. The summed E-state index contributed by atoms with van der Waals surface area (Å²) < 4.78 is 1.66. The molecule has 2 heterocycles. The molecule has 0 spiro atoms. The monoisotopic (exact) mass is 176 g/mol. The normalized spacial score (nSPS) is 8.77. The summed E-state index contributed by atoms with van der Waals surface area (Å²) in [6.07, 6.45) is 6.86. The highest BCUT2D eigenvalue weighted by molar-refractivity contribution is 5.24. The Hall–Kier alpha value is -1.71. The smallest absolute Gasteiger partial charge is 0.0846 e. The maximum Gasteiger partial charge on any atom is 0.0846 e. The van der Waals surface area contributed by atoms with Gasteiger partial charge in [0.2, 0.25) is 0 Å². The third-order valence-corrected chi connectivity index (χ3v) is 1.33. The van der Waals surface area contributed by atoms with Crippen molar-refractivity contribution in [3.05, 3.63) is 36.9 Å². The minimum Gasteiger partial charge on any atom is -0.262 e. The van der Waals surface area contributed by atoms with Crippen molar-refractivity contribution in [3.63, 3.8) is 0 Å². The standard InChI is InChI=1S/C7H6N4.C2H6/c1-2-7(6-8-3-1)11-5-4-9-10-11;1-2/h1-6H;1-2H3. The second-order valence-corrected chi connectivity index (χ2v) is 2.06. The van der Waals surface area contributed by atoms with Crippen molar-refractivity contribution in [1.82, 2.24) is 20.0 Å². The molecule has 2 rings (SSSR count). The summed E-state index contributed by atoms with van der Waals surface area (Å²) in [4.78, 5) is 3.95. The fourth-order valence-electron chi connectivity index (χ4n) is 0.835. The zero-order chi connectivity index (χ0) is 9.52. The van der Waals surface area contributed by atoms with Crippen molar-refractivity contribution in [2.45, 2.75) is 13.8 Å². The van der Waals surface area contributed by atoms with Crippen LogP contribution in [-0.2, 0) is 0 Å². The zero-order valence-electron chi connectivity index (χ0n) is 7.75. The van der Waals surface area contributed by atoms with Crippen LogP contribution in [0, 0.1) is 0 Å². The first-order valence-electron chi connectivity index (χ1n) is 4.23. The van der Waals surface area contributed by atoms with E-state index in [4.69, 9.17) is 0 Å². The minimum atomic E-state index is 0.921. The Balaban J connectivity index is 0.000000396. The first-order valence-corrected chi connectivity index (χ1v) is 4.23. The highest BCUT2D eigenvalue weighted by Gasteiger charge is 1.92. The van der Waals surface area contributed by atoms with Gasteiger partial charge in [-0.25, -0.2) is 4.68 Å². The molecule has 4 heteroatoms. The number of hydrogen-bond acceptors (Lipinski definition) is 3. The lowest BCUT2D eigenvalue weighted by Crippen LogP contribution is -1.94. The van der Waals surface area contributed by atoms with Gasteiger partial charge in [0, 0.05) is 6.20 Å². The fraction of sp³-hybridized carbons (Fsp3) is 0.222. The molecule has 0 radical (unpaired) electrons. The Labute approximate surface area is 77.2 Å². The van der Waals surface area contributed by atoms with Crippen LogP contribution >= 0.6 is 0 Å². The molecule has 2 aromatic heterocycles. The van der Waals surface area contributed by atoms with Crippen LogP contribution in [0.25, 0.3) is 5.69 Å². The summed E-state index contributed by atoms with van der Waals surface area (Å²) in [5.74, 6) is 0. The lowest BCUT2D eigenvalue weighted by Gasteiger charge is -1.95.